The third kappa shape index (κ3) is 4.41. The van der Waals surface area contributed by atoms with Gasteiger partial charge in [-0.2, -0.15) is 0 Å². The molecule has 3 atom stereocenters. The minimum absolute atomic E-state index is 0.184. The van der Waals surface area contributed by atoms with Crippen molar-refractivity contribution in [3.63, 3.8) is 0 Å². The van der Waals surface area contributed by atoms with Crippen LogP contribution in [0.3, 0.4) is 0 Å². The number of benzene rings is 1. The Morgan fingerprint density at radius 2 is 1.74 bits per heavy atom. The number of esters is 1. The maximum Gasteiger partial charge on any atom is 0.334 e. The molecule has 3 rings (SSSR count). The normalized spacial score (nSPS) is 26.4. The first-order valence-corrected chi connectivity index (χ1v) is 9.63. The second-order valence-corrected chi connectivity index (χ2v) is 7.80. The van der Waals surface area contributed by atoms with Gasteiger partial charge in [0.05, 0.1) is 7.11 Å². The van der Waals surface area contributed by atoms with Crippen molar-refractivity contribution in [1.29, 1.82) is 0 Å². The zero-order valence-electron chi connectivity index (χ0n) is 16.6. The van der Waals surface area contributed by atoms with Gasteiger partial charge in [-0.3, -0.25) is 4.90 Å². The minimum Gasteiger partial charge on any atom is -0.466 e. The van der Waals surface area contributed by atoms with Crippen molar-refractivity contribution in [3.8, 4) is 0 Å². The van der Waals surface area contributed by atoms with Crippen LogP contribution in [-0.4, -0.2) is 49.7 Å². The molecule has 1 heterocycles. The lowest BCUT2D eigenvalue weighted by Crippen LogP contribution is -2.57. The van der Waals surface area contributed by atoms with Gasteiger partial charge in [-0.1, -0.05) is 24.6 Å². The SMILES string of the molecule is COC(=O)C1=CC=C(CN2C(C)CN(c3ccc(F)cc3)C[C@@H]2C)CC1C. The second kappa shape index (κ2) is 8.26. The van der Waals surface area contributed by atoms with E-state index in [0.29, 0.717) is 12.1 Å². The number of carbonyl (C=O) groups excluding carboxylic acids is 1. The van der Waals surface area contributed by atoms with Gasteiger partial charge in [0.2, 0.25) is 0 Å². The fourth-order valence-corrected chi connectivity index (χ4v) is 4.21. The van der Waals surface area contributed by atoms with Crippen LogP contribution in [0.15, 0.2) is 47.6 Å². The van der Waals surface area contributed by atoms with Crippen LogP contribution in [0.1, 0.15) is 27.2 Å². The number of piperazine rings is 1. The van der Waals surface area contributed by atoms with Crippen LogP contribution < -0.4 is 4.90 Å². The van der Waals surface area contributed by atoms with E-state index in [4.69, 9.17) is 4.74 Å². The topological polar surface area (TPSA) is 32.8 Å². The Hall–Kier alpha value is -2.14. The van der Waals surface area contributed by atoms with E-state index in [2.05, 4.69) is 36.6 Å². The molecule has 1 aromatic carbocycles. The summed E-state index contributed by atoms with van der Waals surface area (Å²) in [7, 11) is 1.43. The van der Waals surface area contributed by atoms with Crippen LogP contribution in [0.4, 0.5) is 10.1 Å². The molecular weight excluding hydrogens is 343 g/mol. The number of halogens is 1. The second-order valence-electron chi connectivity index (χ2n) is 7.80. The molecule has 0 saturated carbocycles. The van der Waals surface area contributed by atoms with Crippen molar-refractivity contribution in [1.82, 2.24) is 4.90 Å². The quantitative estimate of drug-likeness (QED) is 0.753. The van der Waals surface area contributed by atoms with Gasteiger partial charge < -0.3 is 9.64 Å². The summed E-state index contributed by atoms with van der Waals surface area (Å²) in [6, 6.07) is 7.54. The molecule has 27 heavy (non-hydrogen) atoms. The van der Waals surface area contributed by atoms with E-state index in [1.165, 1.54) is 24.8 Å². The molecule has 5 heteroatoms. The third-order valence-corrected chi connectivity index (χ3v) is 5.70. The highest BCUT2D eigenvalue weighted by atomic mass is 19.1. The molecule has 0 amide bonds. The Labute approximate surface area is 161 Å². The van der Waals surface area contributed by atoms with E-state index in [9.17, 15) is 9.18 Å². The highest BCUT2D eigenvalue weighted by Crippen LogP contribution is 2.29. The van der Waals surface area contributed by atoms with Gasteiger partial charge in [0.15, 0.2) is 0 Å². The van der Waals surface area contributed by atoms with Gasteiger partial charge in [-0.05, 0) is 50.5 Å². The highest BCUT2D eigenvalue weighted by molar-refractivity contribution is 5.89. The first-order chi connectivity index (χ1) is 12.9. The van der Waals surface area contributed by atoms with Crippen LogP contribution in [-0.2, 0) is 9.53 Å². The van der Waals surface area contributed by atoms with Gasteiger partial charge in [-0.15, -0.1) is 0 Å². The molecular formula is C22H29FN2O2. The van der Waals surface area contributed by atoms with E-state index in [0.717, 1.165) is 37.3 Å². The molecule has 0 spiro atoms. The molecule has 1 saturated heterocycles. The number of carbonyl (C=O) groups is 1. The predicted molar refractivity (Wildman–Crippen MR) is 106 cm³/mol. The fraction of sp³-hybridized carbons (Fsp3) is 0.500. The Balaban J connectivity index is 1.67. The number of ether oxygens (including phenoxy) is 1. The molecule has 1 aromatic rings. The van der Waals surface area contributed by atoms with E-state index in [1.807, 2.05) is 18.2 Å². The number of allylic oxidation sites excluding steroid dienone is 2. The number of nitrogens with zero attached hydrogens (tertiary/aromatic N) is 2. The molecule has 1 aliphatic heterocycles. The molecule has 146 valence electrons. The number of rotatable bonds is 4. The van der Waals surface area contributed by atoms with E-state index >= 15 is 0 Å². The van der Waals surface area contributed by atoms with E-state index in [1.54, 1.807) is 0 Å². The molecule has 4 nitrogen and oxygen atoms in total. The molecule has 1 aliphatic carbocycles. The van der Waals surface area contributed by atoms with E-state index < -0.39 is 0 Å². The van der Waals surface area contributed by atoms with Gasteiger partial charge in [0.25, 0.3) is 0 Å². The molecule has 2 unspecified atom stereocenters. The monoisotopic (exact) mass is 372 g/mol. The van der Waals surface area contributed by atoms with Gasteiger partial charge in [-0.25, -0.2) is 9.18 Å². The largest absolute Gasteiger partial charge is 0.466 e. The third-order valence-electron chi connectivity index (χ3n) is 5.70. The Bertz CT molecular complexity index is 729. The Kier molecular flexibility index (Phi) is 6.00. The zero-order chi connectivity index (χ0) is 19.6. The van der Waals surface area contributed by atoms with Crippen molar-refractivity contribution in [2.45, 2.75) is 39.3 Å². The van der Waals surface area contributed by atoms with Gasteiger partial charge in [0.1, 0.15) is 5.82 Å². The molecule has 0 N–H and O–H groups in total. The first-order valence-electron chi connectivity index (χ1n) is 9.63. The lowest BCUT2D eigenvalue weighted by Gasteiger charge is -2.46. The molecule has 2 aliphatic rings. The zero-order valence-corrected chi connectivity index (χ0v) is 16.6. The summed E-state index contributed by atoms with van der Waals surface area (Å²) in [5, 5.41) is 0. The van der Waals surface area contributed by atoms with Crippen LogP contribution >= 0.6 is 0 Å². The van der Waals surface area contributed by atoms with Crippen molar-refractivity contribution in [2.75, 3.05) is 31.6 Å². The summed E-state index contributed by atoms with van der Waals surface area (Å²) in [6.45, 7) is 9.32. The highest BCUT2D eigenvalue weighted by Gasteiger charge is 2.31. The standard InChI is InChI=1S/C22H29FN2O2/c1-15-11-18(5-10-21(15)22(26)27-4)14-25-16(2)12-24(13-17(25)3)20-8-6-19(23)7-9-20/h5-10,15-17H,11-14H2,1-4H3/t15?,16-,17?/m0/s1. The summed E-state index contributed by atoms with van der Waals surface area (Å²) < 4.78 is 18.1. The number of hydrogen-bond donors (Lipinski definition) is 0. The predicted octanol–water partition coefficient (Wildman–Crippen LogP) is 3.79. The Morgan fingerprint density at radius 3 is 2.30 bits per heavy atom. The van der Waals surface area contributed by atoms with Crippen LogP contribution in [0.2, 0.25) is 0 Å². The van der Waals surface area contributed by atoms with Crippen molar-refractivity contribution >= 4 is 11.7 Å². The average molecular weight is 372 g/mol. The maximum absolute atomic E-state index is 13.2. The number of anilines is 1. The van der Waals surface area contributed by atoms with Gasteiger partial charge in [0, 0.05) is 43.0 Å². The maximum atomic E-state index is 13.2. The lowest BCUT2D eigenvalue weighted by molar-refractivity contribution is -0.136. The summed E-state index contributed by atoms with van der Waals surface area (Å²) in [6.07, 6.45) is 4.88. The average Bonchev–Trinajstić information content (AvgIpc) is 2.64. The molecule has 0 bridgehead atoms. The molecule has 0 aromatic heterocycles. The van der Waals surface area contributed by atoms with Crippen molar-refractivity contribution in [2.24, 2.45) is 5.92 Å². The smallest absolute Gasteiger partial charge is 0.334 e. The number of hydrogen-bond acceptors (Lipinski definition) is 4. The Morgan fingerprint density at radius 1 is 1.11 bits per heavy atom. The summed E-state index contributed by atoms with van der Waals surface area (Å²) in [5.41, 5.74) is 3.18. The summed E-state index contributed by atoms with van der Waals surface area (Å²) in [5.74, 6) is -0.243. The minimum atomic E-state index is -0.229. The molecule has 1 fully saturated rings. The molecule has 0 radical (unpaired) electrons. The van der Waals surface area contributed by atoms with Crippen molar-refractivity contribution < 1.29 is 13.9 Å². The van der Waals surface area contributed by atoms with Crippen LogP contribution in [0, 0.1) is 11.7 Å². The van der Waals surface area contributed by atoms with E-state index in [-0.39, 0.29) is 17.7 Å². The van der Waals surface area contributed by atoms with Crippen LogP contribution in [0.5, 0.6) is 0 Å². The van der Waals surface area contributed by atoms with Gasteiger partial charge >= 0.3 is 5.97 Å². The summed E-state index contributed by atoms with van der Waals surface area (Å²) in [4.78, 5) is 16.7. The number of methoxy groups -OCH3 is 1. The lowest BCUT2D eigenvalue weighted by atomic mass is 9.87. The fourth-order valence-electron chi connectivity index (χ4n) is 4.21. The first kappa shape index (κ1) is 19.6. The van der Waals surface area contributed by atoms with Crippen LogP contribution in [0.25, 0.3) is 0 Å². The summed E-state index contributed by atoms with van der Waals surface area (Å²) >= 11 is 0. The van der Waals surface area contributed by atoms with Crippen molar-refractivity contribution in [3.05, 3.63) is 53.4 Å².